The molecule has 0 saturated heterocycles. The van der Waals surface area contributed by atoms with Crippen LogP contribution in [-0.2, 0) is 5.41 Å². The molecular formula is C47H37N3. The van der Waals surface area contributed by atoms with Gasteiger partial charge in [0.2, 0.25) is 0 Å². The summed E-state index contributed by atoms with van der Waals surface area (Å²) in [5, 5.41) is 2.81. The predicted molar refractivity (Wildman–Crippen MR) is 202 cm³/mol. The molecule has 0 aliphatic heterocycles. The van der Waals surface area contributed by atoms with Crippen LogP contribution in [0, 0.1) is 23.7 Å². The van der Waals surface area contributed by atoms with E-state index < -0.39 is 0 Å². The molecule has 3 heteroatoms. The fraction of sp³-hybridized carbons (Fsp3) is 0.213. The third-order valence-corrected chi connectivity index (χ3v) is 12.7. The topological polar surface area (TPSA) is 38.7 Å². The molecule has 1 heterocycles. The van der Waals surface area contributed by atoms with Crippen LogP contribution in [0.15, 0.2) is 140 Å². The Morgan fingerprint density at radius 3 is 1.74 bits per heavy atom. The molecule has 12 rings (SSSR count). The maximum absolute atomic E-state index is 5.31. The summed E-state index contributed by atoms with van der Waals surface area (Å²) >= 11 is 0. The molecule has 0 unspecified atom stereocenters. The Kier molecular flexibility index (Phi) is 6.14. The van der Waals surface area contributed by atoms with E-state index >= 15 is 0 Å². The molecule has 5 aliphatic carbocycles. The van der Waals surface area contributed by atoms with Crippen LogP contribution in [0.5, 0.6) is 0 Å². The molecule has 6 aromatic carbocycles. The average Bonchev–Trinajstić information content (AvgIpc) is 3.48. The van der Waals surface area contributed by atoms with Crippen LogP contribution < -0.4 is 0 Å². The number of benzene rings is 6. The zero-order valence-electron chi connectivity index (χ0n) is 28.0. The first-order valence-corrected chi connectivity index (χ1v) is 18.4. The molecule has 0 amide bonds. The molecule has 0 atom stereocenters. The Balaban J connectivity index is 1.14. The fourth-order valence-corrected chi connectivity index (χ4v) is 11.0. The van der Waals surface area contributed by atoms with E-state index in [4.69, 9.17) is 15.0 Å². The van der Waals surface area contributed by atoms with Crippen molar-refractivity contribution in [2.24, 2.45) is 23.7 Å². The van der Waals surface area contributed by atoms with Gasteiger partial charge in [0.25, 0.3) is 0 Å². The summed E-state index contributed by atoms with van der Waals surface area (Å²) in [5.41, 5.74) is 11.4. The van der Waals surface area contributed by atoms with Gasteiger partial charge in [0, 0.05) is 22.1 Å². The lowest BCUT2D eigenvalue weighted by molar-refractivity contribution is -0.0393. The molecule has 1 spiro atoms. The third-order valence-electron chi connectivity index (χ3n) is 12.7. The minimum atomic E-state index is 0.0347. The SMILES string of the molecule is c1ccc(-c2nc(-c3ccc4c(c3)C3(c5c-4ccc4ccccc54)C4CC5CC(C4)CC3C5)nc(-c3ccccc3-c3ccccc3)n2)cc1. The van der Waals surface area contributed by atoms with Gasteiger partial charge in [0.05, 0.1) is 0 Å². The molecule has 0 radical (unpaired) electrons. The van der Waals surface area contributed by atoms with E-state index in [1.807, 2.05) is 6.07 Å². The van der Waals surface area contributed by atoms with Crippen LogP contribution in [0.3, 0.4) is 0 Å². The minimum Gasteiger partial charge on any atom is -0.208 e. The smallest absolute Gasteiger partial charge is 0.164 e. The highest BCUT2D eigenvalue weighted by Crippen LogP contribution is 2.70. The summed E-state index contributed by atoms with van der Waals surface area (Å²) in [7, 11) is 0. The first-order chi connectivity index (χ1) is 24.7. The van der Waals surface area contributed by atoms with Crippen molar-refractivity contribution in [3.63, 3.8) is 0 Å². The highest BCUT2D eigenvalue weighted by molar-refractivity contribution is 5.98. The molecule has 0 N–H and O–H groups in total. The summed E-state index contributed by atoms with van der Waals surface area (Å²) in [6.45, 7) is 0. The fourth-order valence-electron chi connectivity index (χ4n) is 11.0. The molecule has 4 fully saturated rings. The average molecular weight is 644 g/mol. The molecule has 7 aromatic rings. The Labute approximate surface area is 293 Å². The van der Waals surface area contributed by atoms with E-state index in [1.54, 1.807) is 5.56 Å². The highest BCUT2D eigenvalue weighted by Gasteiger charge is 2.62. The number of nitrogens with zero attached hydrogens (tertiary/aromatic N) is 3. The van der Waals surface area contributed by atoms with Gasteiger partial charge in [-0.15, -0.1) is 0 Å². The standard InChI is InChI=1S/C47H37N3/c1-3-11-31(12-4-1)37-16-9-10-18-41(37)46-49-44(33-14-5-2-6-15-33)48-45(50-46)34-20-21-39-40-22-19-32-13-7-8-17-38(32)43(40)47(42(39)28-34)35-24-29-23-30(26-35)27-36(47)25-29/h1-22,28-30,35-36H,23-27H2. The summed E-state index contributed by atoms with van der Waals surface area (Å²) in [6, 6.07) is 50.5. The molecule has 1 aromatic heterocycles. The Hall–Kier alpha value is -5.41. The van der Waals surface area contributed by atoms with Crippen LogP contribution in [0.4, 0.5) is 0 Å². The van der Waals surface area contributed by atoms with Gasteiger partial charge in [-0.3, -0.25) is 0 Å². The van der Waals surface area contributed by atoms with Gasteiger partial charge in [0.15, 0.2) is 17.5 Å². The quantitative estimate of drug-likeness (QED) is 0.192. The van der Waals surface area contributed by atoms with Crippen LogP contribution >= 0.6 is 0 Å². The summed E-state index contributed by atoms with van der Waals surface area (Å²) in [5.74, 6) is 5.26. The van der Waals surface area contributed by atoms with Crippen molar-refractivity contribution >= 4 is 10.8 Å². The van der Waals surface area contributed by atoms with Crippen LogP contribution in [-0.4, -0.2) is 15.0 Å². The van der Waals surface area contributed by atoms with Crippen molar-refractivity contribution in [3.8, 4) is 56.4 Å². The molecule has 4 bridgehead atoms. The zero-order valence-corrected chi connectivity index (χ0v) is 28.0. The first kappa shape index (κ1) is 28.4. The van der Waals surface area contributed by atoms with Gasteiger partial charge in [-0.25, -0.2) is 15.0 Å². The predicted octanol–water partition coefficient (Wildman–Crippen LogP) is 11.4. The number of aromatic nitrogens is 3. The molecule has 4 saturated carbocycles. The van der Waals surface area contributed by atoms with Crippen LogP contribution in [0.1, 0.15) is 43.2 Å². The van der Waals surface area contributed by atoms with E-state index in [0.29, 0.717) is 23.5 Å². The molecule has 240 valence electrons. The van der Waals surface area contributed by atoms with E-state index in [0.717, 1.165) is 45.5 Å². The first-order valence-electron chi connectivity index (χ1n) is 18.4. The largest absolute Gasteiger partial charge is 0.208 e. The van der Waals surface area contributed by atoms with Gasteiger partial charge >= 0.3 is 0 Å². The second-order valence-electron chi connectivity index (χ2n) is 15.2. The lowest BCUT2D eigenvalue weighted by atomic mass is 9.43. The van der Waals surface area contributed by atoms with E-state index in [1.165, 1.54) is 59.6 Å². The molecule has 3 nitrogen and oxygen atoms in total. The van der Waals surface area contributed by atoms with Crippen molar-refractivity contribution in [3.05, 3.63) is 151 Å². The molecular weight excluding hydrogens is 607 g/mol. The summed E-state index contributed by atoms with van der Waals surface area (Å²) < 4.78 is 0. The number of hydrogen-bond acceptors (Lipinski definition) is 3. The molecule has 5 aliphatic rings. The van der Waals surface area contributed by atoms with Crippen molar-refractivity contribution in [2.75, 3.05) is 0 Å². The van der Waals surface area contributed by atoms with Crippen LogP contribution in [0.25, 0.3) is 67.2 Å². The Bertz CT molecular complexity index is 2420. The third kappa shape index (κ3) is 4.07. The number of hydrogen-bond donors (Lipinski definition) is 0. The van der Waals surface area contributed by atoms with E-state index in [9.17, 15) is 0 Å². The maximum atomic E-state index is 5.31. The lowest BCUT2D eigenvalue weighted by Crippen LogP contribution is -2.55. The van der Waals surface area contributed by atoms with Gasteiger partial charge in [-0.05, 0) is 106 Å². The Morgan fingerprint density at radius 1 is 0.420 bits per heavy atom. The highest BCUT2D eigenvalue weighted by atomic mass is 15.0. The van der Waals surface area contributed by atoms with E-state index in [-0.39, 0.29) is 5.41 Å². The van der Waals surface area contributed by atoms with Gasteiger partial charge < -0.3 is 0 Å². The minimum absolute atomic E-state index is 0.0347. The normalized spacial score (nSPS) is 24.1. The van der Waals surface area contributed by atoms with E-state index in [2.05, 4.69) is 133 Å². The van der Waals surface area contributed by atoms with Crippen molar-refractivity contribution in [1.82, 2.24) is 15.0 Å². The second kappa shape index (κ2) is 10.8. The number of rotatable bonds is 4. The molecule has 50 heavy (non-hydrogen) atoms. The number of fused-ring (bicyclic) bond motifs is 5. The van der Waals surface area contributed by atoms with Crippen molar-refractivity contribution < 1.29 is 0 Å². The van der Waals surface area contributed by atoms with Crippen molar-refractivity contribution in [1.29, 1.82) is 0 Å². The van der Waals surface area contributed by atoms with Gasteiger partial charge in [-0.2, -0.15) is 0 Å². The summed E-state index contributed by atoms with van der Waals surface area (Å²) in [4.78, 5) is 15.7. The monoisotopic (exact) mass is 643 g/mol. The Morgan fingerprint density at radius 2 is 1.00 bits per heavy atom. The van der Waals surface area contributed by atoms with Crippen LogP contribution in [0.2, 0.25) is 0 Å². The lowest BCUT2D eigenvalue weighted by Gasteiger charge is -2.61. The summed E-state index contributed by atoms with van der Waals surface area (Å²) in [6.07, 6.45) is 6.85. The zero-order chi connectivity index (χ0) is 32.8. The van der Waals surface area contributed by atoms with Crippen molar-refractivity contribution in [2.45, 2.75) is 37.5 Å². The van der Waals surface area contributed by atoms with Gasteiger partial charge in [0.1, 0.15) is 0 Å². The maximum Gasteiger partial charge on any atom is 0.164 e. The second-order valence-corrected chi connectivity index (χ2v) is 15.2. The van der Waals surface area contributed by atoms with Gasteiger partial charge in [-0.1, -0.05) is 133 Å².